The van der Waals surface area contributed by atoms with Gasteiger partial charge in [0, 0.05) is 43.2 Å². The van der Waals surface area contributed by atoms with E-state index in [1.165, 1.54) is 48.7 Å². The van der Waals surface area contributed by atoms with Gasteiger partial charge in [-0.15, -0.1) is 0 Å². The Hall–Kier alpha value is -5.32. The Morgan fingerprint density at radius 2 is 0.860 bits per heavy atom. The third-order valence-corrected chi connectivity index (χ3v) is 11.9. The zero-order valence-electron chi connectivity index (χ0n) is 28.7. The number of fused-ring (bicyclic) bond motifs is 4. The summed E-state index contributed by atoms with van der Waals surface area (Å²) in [6.07, 6.45) is 0. The van der Waals surface area contributed by atoms with Gasteiger partial charge in [0.15, 0.2) is 17.5 Å². The van der Waals surface area contributed by atoms with E-state index in [0.717, 1.165) is 16.7 Å². The lowest BCUT2D eigenvalue weighted by atomic mass is 9.64. The molecule has 6 aromatic carbocycles. The van der Waals surface area contributed by atoms with E-state index in [-0.39, 0.29) is 16.7 Å². The molecule has 7 aromatic rings. The van der Waals surface area contributed by atoms with Crippen molar-refractivity contribution in [1.29, 1.82) is 0 Å². The molecule has 0 spiro atoms. The fourth-order valence-electron chi connectivity index (χ4n) is 8.09. The molecule has 242 valence electrons. The van der Waals surface area contributed by atoms with Crippen LogP contribution in [0.1, 0.15) is 72.6 Å². The van der Waals surface area contributed by atoms with Crippen molar-refractivity contribution >= 4 is 11.8 Å². The molecule has 4 heteroatoms. The monoisotopic (exact) mass is 663 g/mol. The highest BCUT2D eigenvalue weighted by Gasteiger charge is 2.39. The first-order valence-corrected chi connectivity index (χ1v) is 18.1. The molecule has 50 heavy (non-hydrogen) atoms. The zero-order valence-corrected chi connectivity index (χ0v) is 29.5. The predicted molar refractivity (Wildman–Crippen MR) is 205 cm³/mol. The van der Waals surface area contributed by atoms with Crippen LogP contribution in [-0.2, 0) is 10.8 Å². The SMILES string of the molecule is CC1(C)c2ccc(-c3nc(-c4ccccc4)nc(-c4ccccc4)n3)cc2Sc2cc(C3c4ccccc4C(C)(C)c4ccccc43)ccc21. The van der Waals surface area contributed by atoms with Crippen LogP contribution >= 0.6 is 11.8 Å². The molecule has 1 aliphatic carbocycles. The van der Waals surface area contributed by atoms with Gasteiger partial charge in [0.1, 0.15) is 0 Å². The summed E-state index contributed by atoms with van der Waals surface area (Å²) in [5.41, 5.74) is 12.3. The molecule has 2 heterocycles. The average molecular weight is 664 g/mol. The quantitative estimate of drug-likeness (QED) is 0.188. The molecule has 2 aliphatic rings. The lowest BCUT2D eigenvalue weighted by Crippen LogP contribution is -2.30. The van der Waals surface area contributed by atoms with Crippen molar-refractivity contribution in [2.45, 2.75) is 54.2 Å². The largest absolute Gasteiger partial charge is 0.208 e. The van der Waals surface area contributed by atoms with Gasteiger partial charge in [0.05, 0.1) is 0 Å². The molecule has 0 radical (unpaired) electrons. The minimum Gasteiger partial charge on any atom is -0.208 e. The van der Waals surface area contributed by atoms with Gasteiger partial charge in [0.2, 0.25) is 0 Å². The first kappa shape index (κ1) is 30.7. The molecular weight excluding hydrogens is 627 g/mol. The predicted octanol–water partition coefficient (Wildman–Crippen LogP) is 11.5. The standard InChI is InChI=1S/C46H37N3S/c1-45(2)35-21-13-11-19-33(35)41(34-20-12-14-22-36(34)45)31-23-25-37-39(27-31)50-40-28-32(24-26-38(40)46(37,3)4)44-48-42(29-15-7-5-8-16-29)47-43(49-44)30-17-9-6-10-18-30/h5-28,41H,1-4H3. The second-order valence-corrected chi connectivity index (χ2v) is 15.5. The van der Waals surface area contributed by atoms with Crippen molar-refractivity contribution in [3.63, 3.8) is 0 Å². The van der Waals surface area contributed by atoms with Crippen molar-refractivity contribution < 1.29 is 0 Å². The van der Waals surface area contributed by atoms with E-state index in [0.29, 0.717) is 17.5 Å². The van der Waals surface area contributed by atoms with Gasteiger partial charge in [-0.05, 0) is 51.1 Å². The molecule has 1 aliphatic heterocycles. The van der Waals surface area contributed by atoms with Crippen molar-refractivity contribution in [2.75, 3.05) is 0 Å². The third-order valence-electron chi connectivity index (χ3n) is 10.7. The number of hydrogen-bond donors (Lipinski definition) is 0. The van der Waals surface area contributed by atoms with Crippen molar-refractivity contribution in [2.24, 2.45) is 0 Å². The highest BCUT2D eigenvalue weighted by atomic mass is 32.2. The van der Waals surface area contributed by atoms with Crippen molar-refractivity contribution in [1.82, 2.24) is 15.0 Å². The number of rotatable bonds is 4. The van der Waals surface area contributed by atoms with E-state index >= 15 is 0 Å². The topological polar surface area (TPSA) is 38.7 Å². The molecule has 0 saturated carbocycles. The second-order valence-electron chi connectivity index (χ2n) is 14.5. The highest BCUT2D eigenvalue weighted by molar-refractivity contribution is 7.99. The minimum atomic E-state index is -0.166. The van der Waals surface area contributed by atoms with Crippen LogP contribution in [0.4, 0.5) is 0 Å². The lowest BCUT2D eigenvalue weighted by molar-refractivity contribution is 0.594. The summed E-state index contributed by atoms with van der Waals surface area (Å²) in [5.74, 6) is 2.20. The van der Waals surface area contributed by atoms with Gasteiger partial charge in [-0.1, -0.05) is 173 Å². The van der Waals surface area contributed by atoms with Gasteiger partial charge in [-0.25, -0.2) is 15.0 Å². The fourth-order valence-corrected chi connectivity index (χ4v) is 9.57. The normalized spacial score (nSPS) is 15.4. The van der Waals surface area contributed by atoms with Crippen LogP contribution in [0.2, 0.25) is 0 Å². The van der Waals surface area contributed by atoms with E-state index in [1.54, 1.807) is 0 Å². The van der Waals surface area contributed by atoms with Gasteiger partial charge >= 0.3 is 0 Å². The van der Waals surface area contributed by atoms with Gasteiger partial charge in [-0.2, -0.15) is 0 Å². The maximum absolute atomic E-state index is 5.03. The second kappa shape index (κ2) is 11.6. The van der Waals surface area contributed by atoms with E-state index < -0.39 is 0 Å². The Kier molecular flexibility index (Phi) is 7.15. The Morgan fingerprint density at radius 3 is 1.42 bits per heavy atom. The first-order valence-electron chi connectivity index (χ1n) is 17.3. The molecule has 1 aromatic heterocycles. The van der Waals surface area contributed by atoms with E-state index in [2.05, 4.69) is 137 Å². The number of hydrogen-bond acceptors (Lipinski definition) is 4. The lowest BCUT2D eigenvalue weighted by Gasteiger charge is -2.40. The molecule has 3 nitrogen and oxygen atoms in total. The van der Waals surface area contributed by atoms with Crippen LogP contribution in [0.25, 0.3) is 34.2 Å². The van der Waals surface area contributed by atoms with E-state index in [1.807, 2.05) is 48.2 Å². The first-order chi connectivity index (χ1) is 24.3. The van der Waals surface area contributed by atoms with Crippen molar-refractivity contribution in [3.8, 4) is 34.2 Å². The maximum atomic E-state index is 5.03. The molecule has 9 rings (SSSR count). The Morgan fingerprint density at radius 1 is 0.420 bits per heavy atom. The Bertz CT molecular complexity index is 2310. The van der Waals surface area contributed by atoms with Crippen molar-refractivity contribution in [3.05, 3.63) is 185 Å². The number of aromatic nitrogens is 3. The van der Waals surface area contributed by atoms with Crippen LogP contribution in [0, 0.1) is 0 Å². The molecule has 0 unspecified atom stereocenters. The molecular formula is C46H37N3S. The van der Waals surface area contributed by atoms with Crippen LogP contribution in [0.15, 0.2) is 155 Å². The zero-order chi connectivity index (χ0) is 34.0. The summed E-state index contributed by atoms with van der Waals surface area (Å²) in [6, 6.07) is 52.3. The molecule has 0 atom stereocenters. The van der Waals surface area contributed by atoms with Gasteiger partial charge in [0.25, 0.3) is 0 Å². The summed E-state index contributed by atoms with van der Waals surface area (Å²) in [6.45, 7) is 9.42. The van der Waals surface area contributed by atoms with Crippen LogP contribution in [0.5, 0.6) is 0 Å². The van der Waals surface area contributed by atoms with E-state index in [4.69, 9.17) is 15.0 Å². The smallest absolute Gasteiger partial charge is 0.164 e. The molecule has 0 saturated heterocycles. The average Bonchev–Trinajstić information content (AvgIpc) is 3.15. The molecule has 0 fully saturated rings. The summed E-state index contributed by atoms with van der Waals surface area (Å²) in [4.78, 5) is 17.5. The Balaban J connectivity index is 1.15. The summed E-state index contributed by atoms with van der Waals surface area (Å²) >= 11 is 1.86. The van der Waals surface area contributed by atoms with Crippen LogP contribution < -0.4 is 0 Å². The minimum absolute atomic E-state index is 0.0558. The summed E-state index contributed by atoms with van der Waals surface area (Å²) in [7, 11) is 0. The van der Waals surface area contributed by atoms with Crippen LogP contribution in [-0.4, -0.2) is 15.0 Å². The summed E-state index contributed by atoms with van der Waals surface area (Å²) in [5, 5.41) is 0. The third kappa shape index (κ3) is 4.93. The Labute approximate surface area is 298 Å². The fraction of sp³-hybridized carbons (Fsp3) is 0.152. The van der Waals surface area contributed by atoms with E-state index in [9.17, 15) is 0 Å². The molecule has 0 bridgehead atoms. The number of nitrogens with zero attached hydrogens (tertiary/aromatic N) is 3. The van der Waals surface area contributed by atoms with Crippen LogP contribution in [0.3, 0.4) is 0 Å². The summed E-state index contributed by atoms with van der Waals surface area (Å²) < 4.78 is 0. The van der Waals surface area contributed by atoms with Gasteiger partial charge in [-0.3, -0.25) is 0 Å². The van der Waals surface area contributed by atoms with Gasteiger partial charge < -0.3 is 0 Å². The molecule has 0 amide bonds. The highest BCUT2D eigenvalue weighted by Crippen LogP contribution is 2.53. The number of benzene rings is 6. The molecule has 0 N–H and O–H groups in total. The maximum Gasteiger partial charge on any atom is 0.164 e.